The summed E-state index contributed by atoms with van der Waals surface area (Å²) in [6.07, 6.45) is -1.65. The molecule has 0 aliphatic carbocycles. The number of alkyl halides is 3. The fourth-order valence-electron chi connectivity index (χ4n) is 2.75. The lowest BCUT2D eigenvalue weighted by Crippen LogP contribution is -2.27. The van der Waals surface area contributed by atoms with Gasteiger partial charge in [0, 0.05) is 36.5 Å². The van der Waals surface area contributed by atoms with Crippen LogP contribution in [0, 0.1) is 5.82 Å². The van der Waals surface area contributed by atoms with E-state index >= 15 is 0 Å². The van der Waals surface area contributed by atoms with Gasteiger partial charge in [-0.25, -0.2) is 9.37 Å². The number of hydrogen-bond donors (Lipinski definition) is 2. The Bertz CT molecular complexity index is 814. The van der Waals surface area contributed by atoms with Crippen LogP contribution in [0.1, 0.15) is 24.8 Å². The Morgan fingerprint density at radius 3 is 2.55 bits per heavy atom. The molecule has 2 aromatic rings. The normalized spacial score (nSPS) is 15.8. The minimum atomic E-state index is -4.51. The summed E-state index contributed by atoms with van der Waals surface area (Å²) in [6.45, 7) is 0.886. The fourth-order valence-corrected chi connectivity index (χ4v) is 2.75. The molecule has 1 aromatic heterocycles. The molecular weight excluding hydrogens is 437 g/mol. The maximum Gasteiger partial charge on any atom is 0.417 e. The van der Waals surface area contributed by atoms with E-state index in [1.54, 1.807) is 0 Å². The predicted octanol–water partition coefficient (Wildman–Crippen LogP) is 4.96. The Morgan fingerprint density at radius 1 is 1.24 bits per heavy atom. The molecule has 1 aliphatic rings. The Hall–Kier alpha value is -2.10. The summed E-state index contributed by atoms with van der Waals surface area (Å²) in [5, 5.41) is 5.81. The predicted molar refractivity (Wildman–Crippen MR) is 104 cm³/mol. The van der Waals surface area contributed by atoms with E-state index in [4.69, 9.17) is 4.74 Å². The van der Waals surface area contributed by atoms with E-state index in [9.17, 15) is 22.4 Å². The van der Waals surface area contributed by atoms with Crippen molar-refractivity contribution in [2.75, 3.05) is 11.9 Å². The molecule has 1 aliphatic heterocycles. The van der Waals surface area contributed by atoms with Crippen molar-refractivity contribution in [1.29, 1.82) is 0 Å². The standard InChI is InChI=1S/C18H17F4N3O2.2ClH/c19-14-8-13(25-16(26)9-12-2-1-7-23-12)4-5-15(14)27-17-6-3-11(10-24-17)18(20,21)22;;/h3-6,8,10,12,23H,1-2,7,9H2,(H,25,26);2*1H. The molecule has 0 bridgehead atoms. The Morgan fingerprint density at radius 2 is 2.00 bits per heavy atom. The number of benzene rings is 1. The number of halogens is 6. The van der Waals surface area contributed by atoms with Crippen molar-refractivity contribution >= 4 is 36.4 Å². The first-order valence-corrected chi connectivity index (χ1v) is 8.35. The lowest BCUT2D eigenvalue weighted by atomic mass is 10.1. The van der Waals surface area contributed by atoms with E-state index in [1.165, 1.54) is 12.1 Å². The highest BCUT2D eigenvalue weighted by molar-refractivity contribution is 5.91. The van der Waals surface area contributed by atoms with E-state index in [0.717, 1.165) is 37.6 Å². The van der Waals surface area contributed by atoms with Gasteiger partial charge in [0.25, 0.3) is 0 Å². The third kappa shape index (κ3) is 7.02. The largest absolute Gasteiger partial charge is 0.436 e. The van der Waals surface area contributed by atoms with Crippen molar-refractivity contribution < 1.29 is 27.1 Å². The van der Waals surface area contributed by atoms with Gasteiger partial charge in [0.15, 0.2) is 11.6 Å². The molecule has 1 saturated heterocycles. The maximum absolute atomic E-state index is 14.2. The number of rotatable bonds is 5. The van der Waals surface area contributed by atoms with E-state index in [-0.39, 0.29) is 54.1 Å². The average Bonchev–Trinajstić information content (AvgIpc) is 3.10. The SMILES string of the molecule is Cl.Cl.O=C(CC1CCCN1)Nc1ccc(Oc2ccc(C(F)(F)F)cn2)c(F)c1. The minimum Gasteiger partial charge on any atom is -0.436 e. The zero-order chi connectivity index (χ0) is 19.4. The number of nitrogens with zero attached hydrogens (tertiary/aromatic N) is 1. The van der Waals surface area contributed by atoms with Crippen LogP contribution in [0.2, 0.25) is 0 Å². The third-order valence-corrected chi connectivity index (χ3v) is 4.09. The third-order valence-electron chi connectivity index (χ3n) is 4.09. The van der Waals surface area contributed by atoms with Crippen LogP contribution in [0.25, 0.3) is 0 Å². The van der Waals surface area contributed by atoms with Crippen LogP contribution in [0.15, 0.2) is 36.5 Å². The topological polar surface area (TPSA) is 63.2 Å². The lowest BCUT2D eigenvalue weighted by molar-refractivity contribution is -0.137. The number of aromatic nitrogens is 1. The molecule has 1 fully saturated rings. The van der Waals surface area contributed by atoms with Gasteiger partial charge in [-0.05, 0) is 37.6 Å². The molecule has 5 nitrogen and oxygen atoms in total. The number of carbonyl (C=O) groups excluding carboxylic acids is 1. The summed E-state index contributed by atoms with van der Waals surface area (Å²) in [7, 11) is 0. The van der Waals surface area contributed by atoms with Gasteiger partial charge in [-0.1, -0.05) is 0 Å². The van der Waals surface area contributed by atoms with Crippen LogP contribution in [0.5, 0.6) is 11.6 Å². The van der Waals surface area contributed by atoms with Crippen molar-refractivity contribution in [1.82, 2.24) is 10.3 Å². The van der Waals surface area contributed by atoms with E-state index in [2.05, 4.69) is 15.6 Å². The molecule has 1 unspecified atom stereocenters. The second kappa shape index (κ2) is 10.6. The summed E-state index contributed by atoms with van der Waals surface area (Å²) in [5.74, 6) is -1.39. The van der Waals surface area contributed by atoms with Crippen molar-refractivity contribution in [3.05, 3.63) is 47.9 Å². The van der Waals surface area contributed by atoms with Crippen molar-refractivity contribution in [3.8, 4) is 11.6 Å². The summed E-state index contributed by atoms with van der Waals surface area (Å²) in [4.78, 5) is 15.5. The van der Waals surface area contributed by atoms with Crippen LogP contribution < -0.4 is 15.4 Å². The summed E-state index contributed by atoms with van der Waals surface area (Å²) in [6, 6.07) is 5.74. The number of pyridine rings is 1. The van der Waals surface area contributed by atoms with Gasteiger partial charge in [0.05, 0.1) is 5.56 Å². The van der Waals surface area contributed by atoms with Crippen LogP contribution >= 0.6 is 24.8 Å². The molecule has 1 amide bonds. The molecule has 2 heterocycles. The number of hydrogen-bond acceptors (Lipinski definition) is 4. The molecule has 160 valence electrons. The molecule has 3 rings (SSSR count). The molecule has 0 spiro atoms. The maximum atomic E-state index is 14.2. The highest BCUT2D eigenvalue weighted by Gasteiger charge is 2.30. The highest BCUT2D eigenvalue weighted by atomic mass is 35.5. The Balaban J connectivity index is 0.00000210. The Kier molecular flexibility index (Phi) is 9.13. The quantitative estimate of drug-likeness (QED) is 0.625. The van der Waals surface area contributed by atoms with Gasteiger partial charge < -0.3 is 15.4 Å². The first-order chi connectivity index (χ1) is 12.8. The molecule has 0 saturated carbocycles. The monoisotopic (exact) mass is 455 g/mol. The van der Waals surface area contributed by atoms with Gasteiger partial charge in [-0.15, -0.1) is 24.8 Å². The van der Waals surface area contributed by atoms with Crippen LogP contribution in [0.4, 0.5) is 23.2 Å². The summed E-state index contributed by atoms with van der Waals surface area (Å²) in [5.41, 5.74) is -0.659. The van der Waals surface area contributed by atoms with E-state index in [1.807, 2.05) is 0 Å². The number of ether oxygens (including phenoxy) is 1. The van der Waals surface area contributed by atoms with Gasteiger partial charge >= 0.3 is 6.18 Å². The molecular formula is C18H19Cl2F4N3O2. The minimum absolute atomic E-state index is 0. The summed E-state index contributed by atoms with van der Waals surface area (Å²) < 4.78 is 56.9. The molecule has 1 atom stereocenters. The Labute approximate surface area is 177 Å². The van der Waals surface area contributed by atoms with E-state index < -0.39 is 17.6 Å². The second-order valence-electron chi connectivity index (χ2n) is 6.18. The van der Waals surface area contributed by atoms with Gasteiger partial charge in [-0.3, -0.25) is 4.79 Å². The molecule has 11 heteroatoms. The molecule has 1 aromatic carbocycles. The van der Waals surface area contributed by atoms with E-state index in [0.29, 0.717) is 12.6 Å². The van der Waals surface area contributed by atoms with Crippen molar-refractivity contribution in [2.24, 2.45) is 0 Å². The van der Waals surface area contributed by atoms with Gasteiger partial charge in [0.1, 0.15) is 0 Å². The second-order valence-corrected chi connectivity index (χ2v) is 6.18. The van der Waals surface area contributed by atoms with Crippen LogP contribution in [0.3, 0.4) is 0 Å². The zero-order valence-corrected chi connectivity index (χ0v) is 16.6. The average molecular weight is 456 g/mol. The summed E-state index contributed by atoms with van der Waals surface area (Å²) >= 11 is 0. The number of amides is 1. The lowest BCUT2D eigenvalue weighted by Gasteiger charge is -2.12. The fraction of sp³-hybridized carbons (Fsp3) is 0.333. The molecule has 0 radical (unpaired) electrons. The smallest absolute Gasteiger partial charge is 0.417 e. The number of carbonyl (C=O) groups is 1. The van der Waals surface area contributed by atoms with Gasteiger partial charge in [0.2, 0.25) is 11.8 Å². The van der Waals surface area contributed by atoms with Crippen molar-refractivity contribution in [3.63, 3.8) is 0 Å². The highest BCUT2D eigenvalue weighted by Crippen LogP contribution is 2.31. The molecule has 29 heavy (non-hydrogen) atoms. The number of anilines is 1. The first kappa shape index (κ1) is 24.9. The zero-order valence-electron chi connectivity index (χ0n) is 15.0. The molecule has 2 N–H and O–H groups in total. The first-order valence-electron chi connectivity index (χ1n) is 8.35. The van der Waals surface area contributed by atoms with Crippen molar-refractivity contribution in [2.45, 2.75) is 31.5 Å². The van der Waals surface area contributed by atoms with Crippen LogP contribution in [-0.2, 0) is 11.0 Å². The van der Waals surface area contributed by atoms with Gasteiger partial charge in [-0.2, -0.15) is 13.2 Å². The van der Waals surface area contributed by atoms with Crippen LogP contribution in [-0.4, -0.2) is 23.5 Å². The number of nitrogens with one attached hydrogen (secondary N) is 2.